The van der Waals surface area contributed by atoms with Gasteiger partial charge in [0, 0.05) is 31.1 Å². The van der Waals surface area contributed by atoms with Crippen molar-refractivity contribution in [3.63, 3.8) is 0 Å². The number of nitrogens with zero attached hydrogens (tertiary/aromatic N) is 2. The summed E-state index contributed by atoms with van der Waals surface area (Å²) in [5.41, 5.74) is 0.623. The SMILES string of the molecule is O=C(C1CCCN(S(=O)(=O)/C=C/c2ccc(F)cc2)C1)N1CC2CCC1C2. The molecule has 1 saturated carbocycles. The molecule has 27 heavy (non-hydrogen) atoms. The van der Waals surface area contributed by atoms with Gasteiger partial charge >= 0.3 is 0 Å². The van der Waals surface area contributed by atoms with Gasteiger partial charge in [-0.25, -0.2) is 12.8 Å². The van der Waals surface area contributed by atoms with Crippen LogP contribution < -0.4 is 0 Å². The summed E-state index contributed by atoms with van der Waals surface area (Å²) in [6.45, 7) is 1.53. The zero-order chi connectivity index (χ0) is 19.0. The molecule has 5 nitrogen and oxygen atoms in total. The minimum Gasteiger partial charge on any atom is -0.339 e. The van der Waals surface area contributed by atoms with Crippen LogP contribution in [0.2, 0.25) is 0 Å². The van der Waals surface area contributed by atoms with Gasteiger partial charge in [-0.2, -0.15) is 4.31 Å². The lowest BCUT2D eigenvalue weighted by atomic mass is 9.97. The van der Waals surface area contributed by atoms with Crippen LogP contribution in [-0.2, 0) is 14.8 Å². The molecule has 0 radical (unpaired) electrons. The molecule has 1 aromatic rings. The lowest BCUT2D eigenvalue weighted by molar-refractivity contribution is -0.138. The molecule has 0 N–H and O–H groups in total. The first-order valence-electron chi connectivity index (χ1n) is 9.66. The predicted octanol–water partition coefficient (Wildman–Crippen LogP) is 2.85. The number of rotatable bonds is 4. The third-order valence-corrected chi connectivity index (χ3v) is 7.62. The number of carbonyl (C=O) groups excluding carboxylic acids is 1. The van der Waals surface area contributed by atoms with Gasteiger partial charge in [0.25, 0.3) is 0 Å². The number of benzene rings is 1. The molecule has 3 fully saturated rings. The Bertz CT molecular complexity index is 837. The van der Waals surface area contributed by atoms with Crippen molar-refractivity contribution in [3.8, 4) is 0 Å². The number of likely N-dealkylation sites (tertiary alicyclic amines) is 1. The molecule has 3 atom stereocenters. The predicted molar refractivity (Wildman–Crippen MR) is 101 cm³/mol. The van der Waals surface area contributed by atoms with Gasteiger partial charge in [0.2, 0.25) is 15.9 Å². The second kappa shape index (κ2) is 7.36. The molecule has 146 valence electrons. The second-order valence-electron chi connectivity index (χ2n) is 7.92. The van der Waals surface area contributed by atoms with E-state index >= 15 is 0 Å². The van der Waals surface area contributed by atoms with Crippen molar-refractivity contribution in [3.05, 3.63) is 41.1 Å². The molecule has 1 aromatic carbocycles. The summed E-state index contributed by atoms with van der Waals surface area (Å²) in [5.74, 6) is 0.167. The van der Waals surface area contributed by atoms with Gasteiger partial charge in [-0.1, -0.05) is 12.1 Å². The highest BCUT2D eigenvalue weighted by atomic mass is 32.2. The van der Waals surface area contributed by atoms with Crippen molar-refractivity contribution >= 4 is 22.0 Å². The van der Waals surface area contributed by atoms with Gasteiger partial charge < -0.3 is 4.90 Å². The number of fused-ring (bicyclic) bond motifs is 2. The van der Waals surface area contributed by atoms with Crippen molar-refractivity contribution in [2.75, 3.05) is 19.6 Å². The molecule has 1 amide bonds. The normalized spacial score (nSPS) is 28.9. The van der Waals surface area contributed by atoms with Gasteiger partial charge in [0.05, 0.1) is 5.92 Å². The fourth-order valence-corrected chi connectivity index (χ4v) is 5.90. The largest absolute Gasteiger partial charge is 0.339 e. The lowest BCUT2D eigenvalue weighted by Gasteiger charge is -2.35. The maximum absolute atomic E-state index is 13.0. The van der Waals surface area contributed by atoms with E-state index in [1.165, 1.54) is 41.1 Å². The van der Waals surface area contributed by atoms with Crippen molar-refractivity contribution in [1.82, 2.24) is 9.21 Å². The topological polar surface area (TPSA) is 57.7 Å². The number of hydrogen-bond acceptors (Lipinski definition) is 3. The highest BCUT2D eigenvalue weighted by Crippen LogP contribution is 2.38. The molecule has 1 aliphatic carbocycles. The first kappa shape index (κ1) is 18.6. The summed E-state index contributed by atoms with van der Waals surface area (Å²) in [7, 11) is -3.60. The summed E-state index contributed by atoms with van der Waals surface area (Å²) >= 11 is 0. The molecule has 3 aliphatic rings. The summed E-state index contributed by atoms with van der Waals surface area (Å²) in [6, 6.07) is 6.03. The van der Waals surface area contributed by atoms with Crippen LogP contribution in [0.1, 0.15) is 37.7 Å². The zero-order valence-corrected chi connectivity index (χ0v) is 16.1. The fraction of sp³-hybridized carbons (Fsp3) is 0.550. The number of carbonyl (C=O) groups is 1. The van der Waals surface area contributed by atoms with Crippen molar-refractivity contribution < 1.29 is 17.6 Å². The highest BCUT2D eigenvalue weighted by molar-refractivity contribution is 7.92. The third-order valence-electron chi connectivity index (χ3n) is 6.09. The second-order valence-corrected chi connectivity index (χ2v) is 9.74. The quantitative estimate of drug-likeness (QED) is 0.792. The first-order valence-corrected chi connectivity index (χ1v) is 11.2. The van der Waals surface area contributed by atoms with Crippen LogP contribution in [0.25, 0.3) is 6.08 Å². The minimum absolute atomic E-state index is 0.129. The van der Waals surface area contributed by atoms with Crippen LogP contribution >= 0.6 is 0 Å². The average molecular weight is 392 g/mol. The van der Waals surface area contributed by atoms with E-state index in [0.717, 1.165) is 31.2 Å². The summed E-state index contributed by atoms with van der Waals surface area (Å²) in [4.78, 5) is 14.9. The van der Waals surface area contributed by atoms with Gasteiger partial charge in [-0.3, -0.25) is 4.79 Å². The number of halogens is 1. The van der Waals surface area contributed by atoms with E-state index in [-0.39, 0.29) is 24.2 Å². The molecule has 2 aliphatic heterocycles. The molecule has 4 rings (SSSR count). The lowest BCUT2D eigenvalue weighted by Crippen LogP contribution is -2.48. The van der Waals surface area contributed by atoms with E-state index in [2.05, 4.69) is 0 Å². The Morgan fingerprint density at radius 3 is 2.56 bits per heavy atom. The smallest absolute Gasteiger partial charge is 0.236 e. The van der Waals surface area contributed by atoms with Crippen LogP contribution in [0.4, 0.5) is 4.39 Å². The highest BCUT2D eigenvalue weighted by Gasteiger charge is 2.43. The Labute approximate surface area is 159 Å². The molecule has 7 heteroatoms. The molecular formula is C20H25FN2O3S. The molecule has 0 spiro atoms. The fourth-order valence-electron chi connectivity index (χ4n) is 4.63. The molecular weight excluding hydrogens is 367 g/mol. The Kier molecular flexibility index (Phi) is 5.07. The Morgan fingerprint density at radius 1 is 1.11 bits per heavy atom. The number of amides is 1. The summed E-state index contributed by atoms with van der Waals surface area (Å²) in [5, 5.41) is 1.16. The van der Waals surface area contributed by atoms with Crippen molar-refractivity contribution in [1.29, 1.82) is 0 Å². The van der Waals surface area contributed by atoms with E-state index in [1.807, 2.05) is 4.90 Å². The van der Waals surface area contributed by atoms with E-state index in [0.29, 0.717) is 30.5 Å². The van der Waals surface area contributed by atoms with E-state index in [9.17, 15) is 17.6 Å². The summed E-state index contributed by atoms with van der Waals surface area (Å²) < 4.78 is 39.7. The van der Waals surface area contributed by atoms with Gasteiger partial charge in [0.1, 0.15) is 5.82 Å². The van der Waals surface area contributed by atoms with Crippen LogP contribution in [-0.4, -0.2) is 49.2 Å². The first-order chi connectivity index (χ1) is 12.9. The van der Waals surface area contributed by atoms with Crippen LogP contribution in [0.5, 0.6) is 0 Å². The van der Waals surface area contributed by atoms with Gasteiger partial charge in [-0.05, 0) is 61.8 Å². The summed E-state index contributed by atoms with van der Waals surface area (Å²) in [6.07, 6.45) is 6.34. The Morgan fingerprint density at radius 2 is 1.89 bits per heavy atom. The number of piperidine rings is 2. The van der Waals surface area contributed by atoms with E-state index < -0.39 is 10.0 Å². The van der Waals surface area contributed by atoms with E-state index in [1.54, 1.807) is 0 Å². The van der Waals surface area contributed by atoms with E-state index in [4.69, 9.17) is 0 Å². The van der Waals surface area contributed by atoms with Crippen molar-refractivity contribution in [2.24, 2.45) is 11.8 Å². The van der Waals surface area contributed by atoms with Crippen LogP contribution in [0, 0.1) is 17.7 Å². The third kappa shape index (κ3) is 3.94. The standard InChI is InChI=1S/C20H25FN2O3S/c21-18-6-3-15(4-7-18)9-11-27(25,26)22-10-1-2-17(14-22)20(24)23-13-16-5-8-19(23)12-16/h3-4,6-7,9,11,16-17,19H,1-2,5,8,10,12-14H2/b11-9+. The van der Waals surface area contributed by atoms with Crippen molar-refractivity contribution in [2.45, 2.75) is 38.1 Å². The molecule has 2 bridgehead atoms. The number of sulfonamides is 1. The molecule has 2 saturated heterocycles. The van der Waals surface area contributed by atoms with Crippen LogP contribution in [0.3, 0.4) is 0 Å². The van der Waals surface area contributed by atoms with Gasteiger partial charge in [-0.15, -0.1) is 0 Å². The minimum atomic E-state index is -3.60. The Balaban J connectivity index is 1.42. The van der Waals surface area contributed by atoms with Gasteiger partial charge in [0.15, 0.2) is 0 Å². The Hall–Kier alpha value is -1.73. The molecule has 3 unspecified atom stereocenters. The number of hydrogen-bond donors (Lipinski definition) is 0. The monoisotopic (exact) mass is 392 g/mol. The van der Waals surface area contributed by atoms with Crippen LogP contribution in [0.15, 0.2) is 29.7 Å². The maximum Gasteiger partial charge on any atom is 0.236 e. The average Bonchev–Trinajstić information content (AvgIpc) is 3.31. The molecule has 0 aromatic heterocycles. The zero-order valence-electron chi connectivity index (χ0n) is 15.3. The molecule has 2 heterocycles. The maximum atomic E-state index is 13.0.